The highest BCUT2D eigenvalue weighted by Gasteiger charge is 2.18. The average molecular weight is 504 g/mol. The van der Waals surface area contributed by atoms with Gasteiger partial charge < -0.3 is 19.4 Å². The number of aromatic nitrogens is 1. The van der Waals surface area contributed by atoms with Gasteiger partial charge in [-0.1, -0.05) is 60.7 Å². The predicted molar refractivity (Wildman–Crippen MR) is 138 cm³/mol. The zero-order valence-corrected chi connectivity index (χ0v) is 20.5. The summed E-state index contributed by atoms with van der Waals surface area (Å²) in [6.45, 7) is 1.04. The molecule has 0 aliphatic rings. The summed E-state index contributed by atoms with van der Waals surface area (Å²) in [5, 5.41) is 4.92. The van der Waals surface area contributed by atoms with Crippen LogP contribution >= 0.6 is 0 Å². The molecule has 0 fully saturated rings. The Bertz CT molecular complexity index is 1290. The molecule has 3 aromatic rings. The van der Waals surface area contributed by atoms with Gasteiger partial charge in [0.25, 0.3) is 5.56 Å². The van der Waals surface area contributed by atoms with Gasteiger partial charge in [0, 0.05) is 25.0 Å². The Balaban J connectivity index is 1.76. The first-order chi connectivity index (χ1) is 17.9. The summed E-state index contributed by atoms with van der Waals surface area (Å²) < 4.78 is 6.44. The number of anilines is 1. The summed E-state index contributed by atoms with van der Waals surface area (Å²) in [5.74, 6) is -0.867. The summed E-state index contributed by atoms with van der Waals surface area (Å²) in [7, 11) is 0. The summed E-state index contributed by atoms with van der Waals surface area (Å²) in [6.07, 6.45) is 0.429. The topological polar surface area (TPSA) is 124 Å². The largest absolute Gasteiger partial charge is 0.449 e. The Hall–Kier alpha value is -4.53. The van der Waals surface area contributed by atoms with Gasteiger partial charge in [-0.25, -0.2) is 4.79 Å². The summed E-state index contributed by atoms with van der Waals surface area (Å²) in [6, 6.07) is 21.0. The Kier molecular flexibility index (Phi) is 9.90. The van der Waals surface area contributed by atoms with E-state index in [0.717, 1.165) is 11.1 Å². The predicted octanol–water partition coefficient (Wildman–Crippen LogP) is 2.89. The number of pyridine rings is 1. The first-order valence-electron chi connectivity index (χ1n) is 11.8. The number of Topliss-reactive ketones (excluding diaryl/α,β-unsaturated/α-hetero) is 1. The van der Waals surface area contributed by atoms with Crippen LogP contribution < -0.4 is 16.2 Å². The maximum atomic E-state index is 13.3. The molecule has 192 valence electrons. The molecule has 0 aliphatic carbocycles. The quantitative estimate of drug-likeness (QED) is 0.367. The van der Waals surface area contributed by atoms with Crippen LogP contribution in [0.3, 0.4) is 0 Å². The normalized spacial score (nSPS) is 11.3. The molecule has 0 bridgehead atoms. The minimum absolute atomic E-state index is 0.0509. The van der Waals surface area contributed by atoms with Crippen LogP contribution in [-0.4, -0.2) is 41.3 Å². The van der Waals surface area contributed by atoms with E-state index in [1.54, 1.807) is 6.07 Å². The summed E-state index contributed by atoms with van der Waals surface area (Å²) in [5.41, 5.74) is 1.80. The SMILES string of the molecule is CC(=O)C[C@@H](C=O)NC(=O)Cn1c(Cc2ccccc2)ccc(NC(=O)OCCc2ccccc2)c1=O. The molecule has 0 saturated heterocycles. The van der Waals surface area contributed by atoms with E-state index in [4.69, 9.17) is 4.74 Å². The lowest BCUT2D eigenvalue weighted by Crippen LogP contribution is -2.41. The lowest BCUT2D eigenvalue weighted by atomic mass is 10.1. The Labute approximate surface area is 214 Å². The fraction of sp³-hybridized carbons (Fsp3) is 0.250. The lowest BCUT2D eigenvalue weighted by Gasteiger charge is -2.17. The third-order valence-electron chi connectivity index (χ3n) is 5.52. The molecule has 1 atom stereocenters. The summed E-state index contributed by atoms with van der Waals surface area (Å²) >= 11 is 0. The number of aldehydes is 1. The second-order valence-corrected chi connectivity index (χ2v) is 8.50. The number of ketones is 1. The van der Waals surface area contributed by atoms with Crippen molar-refractivity contribution in [3.05, 3.63) is 100.0 Å². The molecule has 2 amide bonds. The van der Waals surface area contributed by atoms with Crippen LogP contribution in [0.2, 0.25) is 0 Å². The molecule has 37 heavy (non-hydrogen) atoms. The molecule has 0 radical (unpaired) electrons. The molecule has 2 N–H and O–H groups in total. The Morgan fingerprint density at radius 2 is 1.59 bits per heavy atom. The molecule has 1 aromatic heterocycles. The number of ether oxygens (including phenoxy) is 1. The molecule has 1 heterocycles. The minimum Gasteiger partial charge on any atom is -0.449 e. The third-order valence-corrected chi connectivity index (χ3v) is 5.52. The van der Waals surface area contributed by atoms with Gasteiger partial charge in [-0.2, -0.15) is 0 Å². The van der Waals surface area contributed by atoms with Crippen molar-refractivity contribution in [3.8, 4) is 0 Å². The highest BCUT2D eigenvalue weighted by Crippen LogP contribution is 2.12. The number of hydrogen-bond donors (Lipinski definition) is 2. The molecule has 0 saturated carbocycles. The monoisotopic (exact) mass is 503 g/mol. The number of hydrogen-bond acceptors (Lipinski definition) is 6. The van der Waals surface area contributed by atoms with Gasteiger partial charge >= 0.3 is 6.09 Å². The molecule has 0 spiro atoms. The molecule has 2 aromatic carbocycles. The molecule has 0 aliphatic heterocycles. The number of nitrogens with one attached hydrogen (secondary N) is 2. The third kappa shape index (κ3) is 8.57. The van der Waals surface area contributed by atoms with Crippen LogP contribution in [-0.2, 0) is 38.5 Å². The van der Waals surface area contributed by atoms with Gasteiger partial charge in [-0.15, -0.1) is 0 Å². The standard InChI is InChI=1S/C28H29N3O6/c1-20(33)16-23(19-32)29-26(34)18-31-24(17-22-10-6-3-7-11-22)12-13-25(27(31)35)30-28(36)37-15-14-21-8-4-2-5-9-21/h2-13,19,23H,14-18H2,1H3,(H,29,34)(H,30,36)/t23-/m0/s1. The van der Waals surface area contributed by atoms with E-state index in [1.165, 1.54) is 17.6 Å². The fourth-order valence-corrected chi connectivity index (χ4v) is 3.74. The first kappa shape index (κ1) is 27.1. The summed E-state index contributed by atoms with van der Waals surface area (Å²) in [4.78, 5) is 60.9. The zero-order chi connectivity index (χ0) is 26.6. The molecule has 3 rings (SSSR count). The number of amides is 2. The van der Waals surface area contributed by atoms with E-state index >= 15 is 0 Å². The van der Waals surface area contributed by atoms with E-state index < -0.39 is 30.1 Å². The number of nitrogens with zero attached hydrogens (tertiary/aromatic N) is 1. The van der Waals surface area contributed by atoms with Crippen LogP contribution in [0.15, 0.2) is 77.6 Å². The number of benzene rings is 2. The van der Waals surface area contributed by atoms with Crippen molar-refractivity contribution in [1.82, 2.24) is 9.88 Å². The van der Waals surface area contributed by atoms with E-state index in [0.29, 0.717) is 24.8 Å². The number of carbonyl (C=O) groups excluding carboxylic acids is 4. The Morgan fingerprint density at radius 3 is 2.22 bits per heavy atom. The van der Waals surface area contributed by atoms with Gasteiger partial charge in [-0.3, -0.25) is 19.7 Å². The van der Waals surface area contributed by atoms with Gasteiger partial charge in [-0.05, 0) is 30.2 Å². The maximum absolute atomic E-state index is 13.3. The maximum Gasteiger partial charge on any atom is 0.411 e. The molecular formula is C28H29N3O6. The molecule has 9 heteroatoms. The average Bonchev–Trinajstić information content (AvgIpc) is 2.88. The van der Waals surface area contributed by atoms with Gasteiger partial charge in [0.05, 0.1) is 12.6 Å². The highest BCUT2D eigenvalue weighted by atomic mass is 16.5. The van der Waals surface area contributed by atoms with Crippen molar-refractivity contribution < 1.29 is 23.9 Å². The van der Waals surface area contributed by atoms with Crippen molar-refractivity contribution >= 4 is 29.8 Å². The van der Waals surface area contributed by atoms with Gasteiger partial charge in [0.2, 0.25) is 5.91 Å². The van der Waals surface area contributed by atoms with E-state index in [9.17, 15) is 24.0 Å². The van der Waals surface area contributed by atoms with E-state index in [2.05, 4.69) is 10.6 Å². The van der Waals surface area contributed by atoms with Gasteiger partial charge in [0.15, 0.2) is 0 Å². The van der Waals surface area contributed by atoms with E-state index in [-0.39, 0.29) is 24.5 Å². The molecular weight excluding hydrogens is 474 g/mol. The minimum atomic E-state index is -0.987. The van der Waals surface area contributed by atoms with Crippen molar-refractivity contribution in [2.75, 3.05) is 11.9 Å². The van der Waals surface area contributed by atoms with Crippen molar-refractivity contribution in [1.29, 1.82) is 0 Å². The second-order valence-electron chi connectivity index (χ2n) is 8.50. The fourth-order valence-electron chi connectivity index (χ4n) is 3.74. The first-order valence-corrected chi connectivity index (χ1v) is 11.8. The second kappa shape index (κ2) is 13.5. The number of rotatable bonds is 12. The van der Waals surface area contributed by atoms with Gasteiger partial charge in [0.1, 0.15) is 24.3 Å². The van der Waals surface area contributed by atoms with Crippen molar-refractivity contribution in [2.24, 2.45) is 0 Å². The molecule has 0 unspecified atom stereocenters. The van der Waals surface area contributed by atoms with Crippen LogP contribution in [0.4, 0.5) is 10.5 Å². The Morgan fingerprint density at radius 1 is 0.946 bits per heavy atom. The zero-order valence-electron chi connectivity index (χ0n) is 20.5. The molecule has 9 nitrogen and oxygen atoms in total. The highest BCUT2D eigenvalue weighted by molar-refractivity contribution is 5.85. The van der Waals surface area contributed by atoms with Crippen molar-refractivity contribution in [2.45, 2.75) is 38.8 Å². The van der Waals surface area contributed by atoms with Crippen LogP contribution in [0.25, 0.3) is 0 Å². The lowest BCUT2D eigenvalue weighted by molar-refractivity contribution is -0.126. The van der Waals surface area contributed by atoms with Crippen LogP contribution in [0.1, 0.15) is 30.2 Å². The number of carbonyl (C=O) groups is 4. The van der Waals surface area contributed by atoms with Crippen LogP contribution in [0, 0.1) is 0 Å². The van der Waals surface area contributed by atoms with Crippen LogP contribution in [0.5, 0.6) is 0 Å². The smallest absolute Gasteiger partial charge is 0.411 e. The van der Waals surface area contributed by atoms with Crippen molar-refractivity contribution in [3.63, 3.8) is 0 Å². The van der Waals surface area contributed by atoms with E-state index in [1.807, 2.05) is 60.7 Å².